The summed E-state index contributed by atoms with van der Waals surface area (Å²) in [5.74, 6) is -0.100. The van der Waals surface area contributed by atoms with E-state index in [1.807, 2.05) is 36.6 Å². The van der Waals surface area contributed by atoms with Crippen LogP contribution in [0.25, 0.3) is 10.1 Å². The SMILES string of the molecule is Cc1ccsc1CNC(=O)c1sc2ccccc2c1N. The molecule has 5 heteroatoms. The summed E-state index contributed by atoms with van der Waals surface area (Å²) in [4.78, 5) is 14.0. The van der Waals surface area contributed by atoms with Gasteiger partial charge in [0.05, 0.1) is 12.2 Å². The molecule has 0 atom stereocenters. The molecule has 102 valence electrons. The van der Waals surface area contributed by atoms with Crippen LogP contribution >= 0.6 is 22.7 Å². The lowest BCUT2D eigenvalue weighted by Gasteiger charge is -2.03. The standard InChI is InChI=1S/C15H14N2OS2/c1-9-6-7-19-12(9)8-17-15(18)14-13(16)10-4-2-3-5-11(10)20-14/h2-7H,8,16H2,1H3,(H,17,18). The number of carbonyl (C=O) groups is 1. The average Bonchev–Trinajstić information content (AvgIpc) is 3.01. The number of benzene rings is 1. The molecule has 3 rings (SSSR count). The Bertz CT molecular complexity index is 773. The third-order valence-electron chi connectivity index (χ3n) is 3.22. The molecule has 0 aliphatic rings. The van der Waals surface area contributed by atoms with Gasteiger partial charge in [0.25, 0.3) is 5.91 Å². The van der Waals surface area contributed by atoms with Crippen LogP contribution in [0.1, 0.15) is 20.1 Å². The van der Waals surface area contributed by atoms with Gasteiger partial charge in [-0.2, -0.15) is 0 Å². The minimum Gasteiger partial charge on any atom is -0.397 e. The number of nitrogens with one attached hydrogen (secondary N) is 1. The molecule has 20 heavy (non-hydrogen) atoms. The summed E-state index contributed by atoms with van der Waals surface area (Å²) in [5, 5.41) is 5.93. The van der Waals surface area contributed by atoms with Crippen LogP contribution in [-0.2, 0) is 6.54 Å². The number of hydrogen-bond acceptors (Lipinski definition) is 4. The second-order valence-electron chi connectivity index (χ2n) is 4.55. The van der Waals surface area contributed by atoms with E-state index in [9.17, 15) is 4.79 Å². The molecule has 0 saturated heterocycles. The van der Waals surface area contributed by atoms with E-state index >= 15 is 0 Å². The van der Waals surface area contributed by atoms with Crippen molar-refractivity contribution in [1.82, 2.24) is 5.32 Å². The number of carbonyl (C=O) groups excluding carboxylic acids is 1. The molecule has 0 spiro atoms. The third kappa shape index (κ3) is 2.30. The number of aryl methyl sites for hydroxylation is 1. The number of amides is 1. The molecule has 0 aliphatic heterocycles. The highest BCUT2D eigenvalue weighted by molar-refractivity contribution is 7.21. The van der Waals surface area contributed by atoms with E-state index in [0.717, 1.165) is 10.1 Å². The van der Waals surface area contributed by atoms with Crippen molar-refractivity contribution in [3.05, 3.63) is 51.0 Å². The number of thiophene rings is 2. The number of rotatable bonds is 3. The monoisotopic (exact) mass is 302 g/mol. The van der Waals surface area contributed by atoms with Gasteiger partial charge in [-0.15, -0.1) is 22.7 Å². The van der Waals surface area contributed by atoms with Crippen molar-refractivity contribution >= 4 is 44.4 Å². The van der Waals surface area contributed by atoms with E-state index in [4.69, 9.17) is 5.73 Å². The maximum atomic E-state index is 12.3. The van der Waals surface area contributed by atoms with Crippen molar-refractivity contribution in [2.75, 3.05) is 5.73 Å². The molecular weight excluding hydrogens is 288 g/mol. The van der Waals surface area contributed by atoms with Crippen molar-refractivity contribution in [2.24, 2.45) is 0 Å². The van der Waals surface area contributed by atoms with E-state index in [1.165, 1.54) is 21.8 Å². The van der Waals surface area contributed by atoms with Crippen molar-refractivity contribution in [3.8, 4) is 0 Å². The van der Waals surface area contributed by atoms with Gasteiger partial charge in [0.1, 0.15) is 4.88 Å². The number of nitrogen functional groups attached to an aromatic ring is 1. The van der Waals surface area contributed by atoms with Gasteiger partial charge in [-0.3, -0.25) is 4.79 Å². The van der Waals surface area contributed by atoms with Gasteiger partial charge in [0, 0.05) is 15.0 Å². The minimum atomic E-state index is -0.100. The lowest BCUT2D eigenvalue weighted by molar-refractivity contribution is 0.0956. The van der Waals surface area contributed by atoms with E-state index in [-0.39, 0.29) is 5.91 Å². The maximum Gasteiger partial charge on any atom is 0.263 e. The molecule has 0 aliphatic carbocycles. The molecule has 0 radical (unpaired) electrons. The van der Waals surface area contributed by atoms with Crippen LogP contribution in [0.2, 0.25) is 0 Å². The van der Waals surface area contributed by atoms with E-state index in [1.54, 1.807) is 11.3 Å². The smallest absolute Gasteiger partial charge is 0.263 e. The van der Waals surface area contributed by atoms with Crippen molar-refractivity contribution in [1.29, 1.82) is 0 Å². The molecule has 0 unspecified atom stereocenters. The van der Waals surface area contributed by atoms with Crippen molar-refractivity contribution in [2.45, 2.75) is 13.5 Å². The van der Waals surface area contributed by atoms with Gasteiger partial charge < -0.3 is 11.1 Å². The Morgan fingerprint density at radius 1 is 1.30 bits per heavy atom. The van der Waals surface area contributed by atoms with Crippen LogP contribution in [0, 0.1) is 6.92 Å². The molecule has 0 saturated carbocycles. The topological polar surface area (TPSA) is 55.1 Å². The zero-order chi connectivity index (χ0) is 14.1. The van der Waals surface area contributed by atoms with E-state index < -0.39 is 0 Å². The second-order valence-corrected chi connectivity index (χ2v) is 6.60. The fourth-order valence-electron chi connectivity index (χ4n) is 2.06. The quantitative estimate of drug-likeness (QED) is 0.773. The molecule has 0 fully saturated rings. The molecule has 2 heterocycles. The highest BCUT2D eigenvalue weighted by Gasteiger charge is 2.16. The summed E-state index contributed by atoms with van der Waals surface area (Å²) in [6.45, 7) is 2.60. The van der Waals surface area contributed by atoms with Crippen LogP contribution in [0.15, 0.2) is 35.7 Å². The summed E-state index contributed by atoms with van der Waals surface area (Å²) in [7, 11) is 0. The fourth-order valence-corrected chi connectivity index (χ4v) is 3.95. The lowest BCUT2D eigenvalue weighted by atomic mass is 10.2. The van der Waals surface area contributed by atoms with Gasteiger partial charge in [-0.25, -0.2) is 0 Å². The Morgan fingerprint density at radius 3 is 2.80 bits per heavy atom. The van der Waals surface area contributed by atoms with E-state index in [2.05, 4.69) is 11.4 Å². The van der Waals surface area contributed by atoms with E-state index in [0.29, 0.717) is 17.1 Å². The predicted octanol–water partition coefficient (Wildman–Crippen LogP) is 3.78. The second kappa shape index (κ2) is 5.26. The molecule has 0 bridgehead atoms. The first-order valence-electron chi connectivity index (χ1n) is 6.25. The van der Waals surface area contributed by atoms with Gasteiger partial charge in [0.15, 0.2) is 0 Å². The summed E-state index contributed by atoms with van der Waals surface area (Å²) < 4.78 is 1.04. The van der Waals surface area contributed by atoms with Gasteiger partial charge in [-0.1, -0.05) is 18.2 Å². The van der Waals surface area contributed by atoms with Crippen LogP contribution in [0.4, 0.5) is 5.69 Å². The Labute approximate surface area is 125 Å². The summed E-state index contributed by atoms with van der Waals surface area (Å²) in [5.41, 5.74) is 7.85. The zero-order valence-corrected chi connectivity index (χ0v) is 12.6. The Hall–Kier alpha value is -1.85. The number of nitrogens with two attached hydrogens (primary N) is 1. The minimum absolute atomic E-state index is 0.100. The summed E-state index contributed by atoms with van der Waals surface area (Å²) in [6, 6.07) is 9.87. The Balaban J connectivity index is 1.82. The molecule has 2 aromatic heterocycles. The third-order valence-corrected chi connectivity index (χ3v) is 5.43. The van der Waals surface area contributed by atoms with Crippen LogP contribution < -0.4 is 11.1 Å². The van der Waals surface area contributed by atoms with Gasteiger partial charge in [0.2, 0.25) is 0 Å². The molecule has 1 amide bonds. The average molecular weight is 302 g/mol. The highest BCUT2D eigenvalue weighted by Crippen LogP contribution is 2.33. The van der Waals surface area contributed by atoms with Gasteiger partial charge >= 0.3 is 0 Å². The van der Waals surface area contributed by atoms with Crippen LogP contribution in [0.3, 0.4) is 0 Å². The molecule has 3 N–H and O–H groups in total. The van der Waals surface area contributed by atoms with Gasteiger partial charge in [-0.05, 0) is 30.0 Å². The lowest BCUT2D eigenvalue weighted by Crippen LogP contribution is -2.22. The first-order chi connectivity index (χ1) is 9.66. The summed E-state index contributed by atoms with van der Waals surface area (Å²) in [6.07, 6.45) is 0. The number of anilines is 1. The highest BCUT2D eigenvalue weighted by atomic mass is 32.1. The predicted molar refractivity (Wildman–Crippen MR) is 86.5 cm³/mol. The van der Waals surface area contributed by atoms with Crippen molar-refractivity contribution < 1.29 is 4.79 Å². The largest absolute Gasteiger partial charge is 0.397 e. The fraction of sp³-hybridized carbons (Fsp3) is 0.133. The Morgan fingerprint density at radius 2 is 2.10 bits per heavy atom. The molecule has 1 aromatic carbocycles. The maximum absolute atomic E-state index is 12.3. The number of fused-ring (bicyclic) bond motifs is 1. The Kier molecular flexibility index (Phi) is 3.46. The molecule has 3 aromatic rings. The summed E-state index contributed by atoms with van der Waals surface area (Å²) >= 11 is 3.09. The normalized spacial score (nSPS) is 10.8. The number of hydrogen-bond donors (Lipinski definition) is 2. The molecule has 3 nitrogen and oxygen atoms in total. The first-order valence-corrected chi connectivity index (χ1v) is 7.94. The van der Waals surface area contributed by atoms with Crippen LogP contribution in [0.5, 0.6) is 0 Å². The van der Waals surface area contributed by atoms with Crippen molar-refractivity contribution in [3.63, 3.8) is 0 Å². The van der Waals surface area contributed by atoms with Crippen LogP contribution in [-0.4, -0.2) is 5.91 Å². The first kappa shape index (κ1) is 13.1. The zero-order valence-electron chi connectivity index (χ0n) is 11.0. The molecular formula is C15H14N2OS2.